The molecule has 8 nitrogen and oxygen atoms in total. The monoisotopic (exact) mass is 593 g/mol. The van der Waals surface area contributed by atoms with E-state index in [1.165, 1.54) is 4.31 Å². The Morgan fingerprint density at radius 1 is 0.929 bits per heavy atom. The number of carbonyl (C=O) groups is 2. The average Bonchev–Trinajstić information content (AvgIpc) is 2.97. The third-order valence-electron chi connectivity index (χ3n) is 7.01. The highest BCUT2D eigenvalue weighted by Gasteiger charge is 2.31. The van der Waals surface area contributed by atoms with E-state index >= 15 is 0 Å². The Balaban J connectivity index is 1.89. The van der Waals surface area contributed by atoms with Crippen LogP contribution in [0.4, 0.5) is 5.69 Å². The summed E-state index contributed by atoms with van der Waals surface area (Å²) in [5.74, 6) is 0.0527. The van der Waals surface area contributed by atoms with E-state index in [1.807, 2.05) is 75.4 Å². The lowest BCUT2D eigenvalue weighted by Crippen LogP contribution is -2.50. The van der Waals surface area contributed by atoms with Gasteiger partial charge in [-0.1, -0.05) is 73.7 Å². The molecule has 9 heteroatoms. The Hall–Kier alpha value is -3.85. The summed E-state index contributed by atoms with van der Waals surface area (Å²) in [5.41, 5.74) is 3.37. The molecule has 42 heavy (non-hydrogen) atoms. The Kier molecular flexibility index (Phi) is 12.4. The highest BCUT2D eigenvalue weighted by molar-refractivity contribution is 7.92. The number of sulfonamides is 1. The normalized spacial score (nSPS) is 11.9. The summed E-state index contributed by atoms with van der Waals surface area (Å²) in [6.07, 6.45) is 2.63. The predicted molar refractivity (Wildman–Crippen MR) is 168 cm³/mol. The van der Waals surface area contributed by atoms with Gasteiger partial charge in [-0.25, -0.2) is 8.42 Å². The van der Waals surface area contributed by atoms with Crippen LogP contribution in [0, 0.1) is 6.92 Å². The van der Waals surface area contributed by atoms with E-state index in [0.29, 0.717) is 31.0 Å². The van der Waals surface area contributed by atoms with Crippen LogP contribution in [0.2, 0.25) is 0 Å². The molecule has 0 aromatic heterocycles. The van der Waals surface area contributed by atoms with E-state index in [4.69, 9.17) is 4.74 Å². The van der Waals surface area contributed by atoms with Crippen LogP contribution >= 0.6 is 0 Å². The first kappa shape index (κ1) is 32.7. The lowest BCUT2D eigenvalue weighted by Gasteiger charge is -2.32. The summed E-state index contributed by atoms with van der Waals surface area (Å²) >= 11 is 0. The number of hydrogen-bond acceptors (Lipinski definition) is 5. The molecule has 0 heterocycles. The van der Waals surface area contributed by atoms with Crippen molar-refractivity contribution in [2.45, 2.75) is 59.0 Å². The van der Waals surface area contributed by atoms with Crippen LogP contribution in [0.15, 0.2) is 78.9 Å². The number of para-hydroxylation sites is 2. The molecular formula is C33H43N3O5S. The van der Waals surface area contributed by atoms with Gasteiger partial charge in [0.25, 0.3) is 0 Å². The lowest BCUT2D eigenvalue weighted by atomic mass is 10.0. The van der Waals surface area contributed by atoms with Gasteiger partial charge in [-0.05, 0) is 55.5 Å². The molecule has 0 saturated carbocycles. The Morgan fingerprint density at radius 3 is 2.26 bits per heavy atom. The standard InChI is InChI=1S/C33H43N3O5S/c1-5-22-34-33(38)30(24-27-16-8-7-9-17-27)35(25-28-18-11-10-15-26(28)3)32(37)21-14-23-36(42(4,39)40)29-19-12-13-20-31(29)41-6-2/h7-13,15-20,30H,5-6,14,21-25H2,1-4H3,(H,34,38)/t30-/m0/s1. The van der Waals surface area contributed by atoms with Crippen molar-refractivity contribution in [1.82, 2.24) is 10.2 Å². The molecule has 0 fully saturated rings. The topological polar surface area (TPSA) is 96.0 Å². The number of benzene rings is 3. The van der Waals surface area contributed by atoms with Crippen molar-refractivity contribution in [3.8, 4) is 5.75 Å². The third kappa shape index (κ3) is 9.34. The molecule has 0 aliphatic carbocycles. The summed E-state index contributed by atoms with van der Waals surface area (Å²) < 4.78 is 32.6. The first-order chi connectivity index (χ1) is 20.2. The first-order valence-electron chi connectivity index (χ1n) is 14.5. The van der Waals surface area contributed by atoms with Crippen molar-refractivity contribution < 1.29 is 22.7 Å². The molecule has 0 spiro atoms. The maximum atomic E-state index is 14.0. The number of nitrogens with zero attached hydrogens (tertiary/aromatic N) is 2. The van der Waals surface area contributed by atoms with E-state index in [2.05, 4.69) is 5.32 Å². The van der Waals surface area contributed by atoms with Gasteiger partial charge in [0.1, 0.15) is 11.8 Å². The van der Waals surface area contributed by atoms with Crippen LogP contribution in [0.1, 0.15) is 49.8 Å². The van der Waals surface area contributed by atoms with Crippen molar-refractivity contribution in [1.29, 1.82) is 0 Å². The number of anilines is 1. The van der Waals surface area contributed by atoms with Crippen LogP contribution in [0.25, 0.3) is 0 Å². The minimum Gasteiger partial charge on any atom is -0.492 e. The molecule has 2 amide bonds. The molecule has 226 valence electrons. The summed E-state index contributed by atoms with van der Waals surface area (Å²) in [6, 6.07) is 23.7. The van der Waals surface area contributed by atoms with Crippen molar-refractivity contribution in [2.24, 2.45) is 0 Å². The van der Waals surface area contributed by atoms with Gasteiger partial charge in [0.2, 0.25) is 21.8 Å². The van der Waals surface area contributed by atoms with E-state index in [0.717, 1.165) is 29.4 Å². The molecule has 0 bridgehead atoms. The summed E-state index contributed by atoms with van der Waals surface area (Å²) in [4.78, 5) is 29.1. The maximum absolute atomic E-state index is 14.0. The molecule has 0 unspecified atom stereocenters. The zero-order chi connectivity index (χ0) is 30.5. The van der Waals surface area contributed by atoms with Crippen molar-refractivity contribution in [3.05, 3.63) is 95.6 Å². The second-order valence-corrected chi connectivity index (χ2v) is 12.2. The Bertz CT molecular complexity index is 1410. The lowest BCUT2D eigenvalue weighted by molar-refractivity contribution is -0.141. The number of amides is 2. The SMILES string of the molecule is CCCNC(=O)[C@H](Cc1ccccc1)N(Cc1ccccc1C)C(=O)CCCN(c1ccccc1OCC)S(C)(=O)=O. The van der Waals surface area contributed by atoms with E-state index in [1.54, 1.807) is 29.2 Å². The first-order valence-corrected chi connectivity index (χ1v) is 16.4. The highest BCUT2D eigenvalue weighted by atomic mass is 32.2. The second kappa shape index (κ2) is 16.0. The summed E-state index contributed by atoms with van der Waals surface area (Å²) in [6.45, 7) is 7.08. The number of hydrogen-bond donors (Lipinski definition) is 1. The fraction of sp³-hybridized carbons (Fsp3) is 0.394. The molecule has 0 radical (unpaired) electrons. The second-order valence-electron chi connectivity index (χ2n) is 10.3. The van der Waals surface area contributed by atoms with Gasteiger partial charge < -0.3 is 15.0 Å². The van der Waals surface area contributed by atoms with Gasteiger partial charge in [-0.15, -0.1) is 0 Å². The molecule has 0 saturated heterocycles. The molecule has 1 N–H and O–H groups in total. The number of carbonyl (C=O) groups excluding carboxylic acids is 2. The minimum atomic E-state index is -3.65. The average molecular weight is 594 g/mol. The summed E-state index contributed by atoms with van der Waals surface area (Å²) in [5, 5.41) is 2.99. The van der Waals surface area contributed by atoms with Crippen molar-refractivity contribution in [3.63, 3.8) is 0 Å². The molecule has 3 rings (SSSR count). The van der Waals surface area contributed by atoms with Gasteiger partial charge in [0.15, 0.2) is 0 Å². The van der Waals surface area contributed by atoms with Crippen molar-refractivity contribution in [2.75, 3.05) is 30.3 Å². The Morgan fingerprint density at radius 2 is 1.60 bits per heavy atom. The number of ether oxygens (including phenoxy) is 1. The molecule has 0 aliphatic heterocycles. The largest absolute Gasteiger partial charge is 0.492 e. The van der Waals surface area contributed by atoms with Crippen LogP contribution in [-0.2, 0) is 32.6 Å². The minimum absolute atomic E-state index is 0.0705. The van der Waals surface area contributed by atoms with Crippen LogP contribution in [0.5, 0.6) is 5.75 Å². The van der Waals surface area contributed by atoms with Crippen molar-refractivity contribution >= 4 is 27.5 Å². The highest BCUT2D eigenvalue weighted by Crippen LogP contribution is 2.30. The summed E-state index contributed by atoms with van der Waals surface area (Å²) in [7, 11) is -3.65. The molecule has 3 aromatic rings. The number of aryl methyl sites for hydroxylation is 1. The fourth-order valence-corrected chi connectivity index (χ4v) is 5.78. The van der Waals surface area contributed by atoms with Gasteiger partial charge in [0.05, 0.1) is 18.6 Å². The van der Waals surface area contributed by atoms with Gasteiger partial charge in [-0.3, -0.25) is 13.9 Å². The maximum Gasteiger partial charge on any atom is 0.243 e. The molecule has 0 aliphatic rings. The smallest absolute Gasteiger partial charge is 0.243 e. The fourth-order valence-electron chi connectivity index (χ4n) is 4.81. The van der Waals surface area contributed by atoms with Gasteiger partial charge >= 0.3 is 0 Å². The molecule has 1 atom stereocenters. The Labute approximate surface area is 250 Å². The van der Waals surface area contributed by atoms with Gasteiger partial charge in [-0.2, -0.15) is 0 Å². The van der Waals surface area contributed by atoms with Crippen LogP contribution < -0.4 is 14.4 Å². The molecule has 3 aromatic carbocycles. The number of rotatable bonds is 16. The van der Waals surface area contributed by atoms with E-state index < -0.39 is 16.1 Å². The van der Waals surface area contributed by atoms with E-state index in [-0.39, 0.29) is 37.7 Å². The quantitative estimate of drug-likeness (QED) is 0.249. The van der Waals surface area contributed by atoms with Crippen LogP contribution in [-0.4, -0.2) is 57.1 Å². The van der Waals surface area contributed by atoms with Crippen LogP contribution in [0.3, 0.4) is 0 Å². The molecular weight excluding hydrogens is 550 g/mol. The third-order valence-corrected chi connectivity index (χ3v) is 8.19. The number of nitrogens with one attached hydrogen (secondary N) is 1. The zero-order valence-corrected chi connectivity index (χ0v) is 25.9. The van der Waals surface area contributed by atoms with E-state index in [9.17, 15) is 18.0 Å². The van der Waals surface area contributed by atoms with Gasteiger partial charge in [0, 0.05) is 32.5 Å². The zero-order valence-electron chi connectivity index (χ0n) is 25.1. The predicted octanol–water partition coefficient (Wildman–Crippen LogP) is 5.11.